The molecule has 104 valence electrons. The third-order valence-electron chi connectivity index (χ3n) is 3.48. The lowest BCUT2D eigenvalue weighted by atomic mass is 10.1. The highest BCUT2D eigenvalue weighted by atomic mass is 35.5. The first-order valence-electron chi connectivity index (χ1n) is 6.21. The number of benzene rings is 1. The molecule has 0 atom stereocenters. The number of rotatable bonds is 3. The molecule has 6 heteroatoms. The van der Waals surface area contributed by atoms with Crippen LogP contribution in [-0.4, -0.2) is 37.3 Å². The number of halogens is 1. The summed E-state index contributed by atoms with van der Waals surface area (Å²) in [7, 11) is 1.75. The topological polar surface area (TPSA) is 71.1 Å². The lowest BCUT2D eigenvalue weighted by molar-refractivity contribution is 0.0819. The molecule has 1 heterocycles. The van der Waals surface area contributed by atoms with Crippen LogP contribution in [0, 0.1) is 0 Å². The number of hydrogen-bond acceptors (Lipinski definition) is 4. The molecule has 1 saturated heterocycles. The lowest BCUT2D eigenvalue weighted by Gasteiger charge is -2.33. The summed E-state index contributed by atoms with van der Waals surface area (Å²) >= 11 is 6.15. The number of ether oxygens (including phenoxy) is 1. The zero-order valence-electron chi connectivity index (χ0n) is 10.8. The van der Waals surface area contributed by atoms with Crippen LogP contribution in [0.15, 0.2) is 23.4 Å². The van der Waals surface area contributed by atoms with Crippen molar-refractivity contribution in [2.45, 2.75) is 18.9 Å². The minimum atomic E-state index is 0.0228. The van der Waals surface area contributed by atoms with E-state index in [-0.39, 0.29) is 5.84 Å². The van der Waals surface area contributed by atoms with Gasteiger partial charge in [-0.25, -0.2) is 0 Å². The quantitative estimate of drug-likeness (QED) is 0.385. The van der Waals surface area contributed by atoms with Gasteiger partial charge in [0.1, 0.15) is 0 Å². The monoisotopic (exact) mass is 283 g/mol. The van der Waals surface area contributed by atoms with Crippen molar-refractivity contribution >= 4 is 23.1 Å². The first kappa shape index (κ1) is 14.0. The molecule has 0 bridgehead atoms. The number of nitrogens with zero attached hydrogens (tertiary/aromatic N) is 2. The number of hydrogen-bond donors (Lipinski definition) is 2. The summed E-state index contributed by atoms with van der Waals surface area (Å²) in [5.74, 6) is 0.0228. The summed E-state index contributed by atoms with van der Waals surface area (Å²) < 4.78 is 5.35. The van der Waals surface area contributed by atoms with Gasteiger partial charge in [-0.3, -0.25) is 0 Å². The van der Waals surface area contributed by atoms with Gasteiger partial charge in [-0.2, -0.15) is 0 Å². The molecule has 1 aliphatic rings. The lowest BCUT2D eigenvalue weighted by Crippen LogP contribution is -2.36. The number of amidine groups is 1. The maximum absolute atomic E-state index is 8.67. The molecule has 3 N–H and O–H groups in total. The van der Waals surface area contributed by atoms with E-state index < -0.39 is 0 Å². The predicted octanol–water partition coefficient (Wildman–Crippen LogP) is 2.05. The van der Waals surface area contributed by atoms with Gasteiger partial charge in [-0.15, -0.1) is 0 Å². The molecule has 1 aliphatic heterocycles. The number of nitrogens with two attached hydrogens (primary N) is 1. The molecule has 2 rings (SSSR count). The van der Waals surface area contributed by atoms with Gasteiger partial charge in [0.2, 0.25) is 0 Å². The summed E-state index contributed by atoms with van der Waals surface area (Å²) in [6.07, 6.45) is 2.37. The van der Waals surface area contributed by atoms with E-state index in [0.29, 0.717) is 16.7 Å². The summed E-state index contributed by atoms with van der Waals surface area (Å²) in [5.41, 5.74) is 7.14. The Morgan fingerprint density at radius 3 is 2.68 bits per heavy atom. The van der Waals surface area contributed by atoms with Crippen LogP contribution in [0.1, 0.15) is 18.4 Å². The van der Waals surface area contributed by atoms with Crippen molar-refractivity contribution in [2.75, 3.05) is 25.1 Å². The molecule has 0 aliphatic carbocycles. The second-order valence-electron chi connectivity index (χ2n) is 4.57. The largest absolute Gasteiger partial charge is 0.409 e. The molecule has 1 aromatic carbocycles. The average Bonchev–Trinajstić information content (AvgIpc) is 2.46. The molecule has 0 aromatic heterocycles. The zero-order chi connectivity index (χ0) is 13.8. The van der Waals surface area contributed by atoms with Crippen molar-refractivity contribution in [3.63, 3.8) is 0 Å². The van der Waals surface area contributed by atoms with Crippen LogP contribution in [0.4, 0.5) is 5.69 Å². The first-order valence-corrected chi connectivity index (χ1v) is 6.58. The van der Waals surface area contributed by atoms with E-state index in [9.17, 15) is 0 Å². The number of piperidine rings is 1. The van der Waals surface area contributed by atoms with E-state index in [1.165, 1.54) is 0 Å². The van der Waals surface area contributed by atoms with Crippen molar-refractivity contribution in [3.8, 4) is 0 Å². The first-order chi connectivity index (χ1) is 9.15. The van der Waals surface area contributed by atoms with E-state index in [1.54, 1.807) is 13.2 Å². The molecular formula is C13H18ClN3O2. The van der Waals surface area contributed by atoms with Gasteiger partial charge in [0.15, 0.2) is 5.84 Å². The van der Waals surface area contributed by atoms with E-state index >= 15 is 0 Å². The third kappa shape index (κ3) is 3.11. The van der Waals surface area contributed by atoms with E-state index in [0.717, 1.165) is 31.6 Å². The van der Waals surface area contributed by atoms with Crippen LogP contribution in [0.2, 0.25) is 5.02 Å². The number of anilines is 1. The Kier molecular flexibility index (Phi) is 4.50. The van der Waals surface area contributed by atoms with Gasteiger partial charge in [-0.1, -0.05) is 16.8 Å². The summed E-state index contributed by atoms with van der Waals surface area (Å²) in [5, 5.41) is 12.1. The van der Waals surface area contributed by atoms with E-state index in [1.807, 2.05) is 12.1 Å². The minimum Gasteiger partial charge on any atom is -0.409 e. The summed E-state index contributed by atoms with van der Waals surface area (Å²) in [6.45, 7) is 1.88. The van der Waals surface area contributed by atoms with Crippen LogP contribution in [0.3, 0.4) is 0 Å². The Bertz CT molecular complexity index is 471. The Balaban J connectivity index is 2.12. The van der Waals surface area contributed by atoms with Crippen molar-refractivity contribution in [1.29, 1.82) is 0 Å². The molecular weight excluding hydrogens is 266 g/mol. The Morgan fingerprint density at radius 2 is 2.16 bits per heavy atom. The minimum absolute atomic E-state index is 0.0228. The predicted molar refractivity (Wildman–Crippen MR) is 76.2 cm³/mol. The maximum Gasteiger partial charge on any atom is 0.171 e. The SMILES string of the molecule is COC1CCN(c2ccc(C(N)=NO)c(Cl)c2)CC1. The van der Waals surface area contributed by atoms with Gasteiger partial charge < -0.3 is 20.6 Å². The van der Waals surface area contributed by atoms with Crippen LogP contribution >= 0.6 is 11.6 Å². The standard InChI is InChI=1S/C13H18ClN3O2/c1-19-10-4-6-17(7-5-10)9-2-3-11(12(14)8-9)13(15)16-18/h2-3,8,10,18H,4-7H2,1H3,(H2,15,16). The van der Waals surface area contributed by atoms with Crippen LogP contribution in [0.5, 0.6) is 0 Å². The summed E-state index contributed by atoms with van der Waals surface area (Å²) in [4.78, 5) is 2.26. The van der Waals surface area contributed by atoms with Crippen LogP contribution < -0.4 is 10.6 Å². The molecule has 5 nitrogen and oxygen atoms in total. The summed E-state index contributed by atoms with van der Waals surface area (Å²) in [6, 6.07) is 5.56. The average molecular weight is 284 g/mol. The highest BCUT2D eigenvalue weighted by Gasteiger charge is 2.19. The van der Waals surface area contributed by atoms with Crippen LogP contribution in [-0.2, 0) is 4.74 Å². The fourth-order valence-electron chi connectivity index (χ4n) is 2.31. The molecule has 0 radical (unpaired) electrons. The third-order valence-corrected chi connectivity index (χ3v) is 3.79. The zero-order valence-corrected chi connectivity index (χ0v) is 11.6. The molecule has 19 heavy (non-hydrogen) atoms. The van der Waals surface area contributed by atoms with E-state index in [4.69, 9.17) is 27.3 Å². The fraction of sp³-hybridized carbons (Fsp3) is 0.462. The second kappa shape index (κ2) is 6.12. The maximum atomic E-state index is 8.67. The number of oxime groups is 1. The Hall–Kier alpha value is -1.46. The van der Waals surface area contributed by atoms with Crippen molar-refractivity contribution < 1.29 is 9.94 Å². The van der Waals surface area contributed by atoms with E-state index in [2.05, 4.69) is 10.1 Å². The smallest absolute Gasteiger partial charge is 0.171 e. The normalized spacial score (nSPS) is 17.8. The Labute approximate surface area is 117 Å². The Morgan fingerprint density at radius 1 is 1.47 bits per heavy atom. The van der Waals surface area contributed by atoms with Gasteiger partial charge in [0.05, 0.1) is 11.1 Å². The van der Waals surface area contributed by atoms with Crippen molar-refractivity contribution in [1.82, 2.24) is 0 Å². The van der Waals surface area contributed by atoms with Gasteiger partial charge in [0.25, 0.3) is 0 Å². The van der Waals surface area contributed by atoms with Gasteiger partial charge in [0, 0.05) is 31.5 Å². The second-order valence-corrected chi connectivity index (χ2v) is 4.98. The molecule has 0 amide bonds. The van der Waals surface area contributed by atoms with Crippen molar-refractivity contribution in [3.05, 3.63) is 28.8 Å². The molecule has 0 spiro atoms. The van der Waals surface area contributed by atoms with Crippen LogP contribution in [0.25, 0.3) is 0 Å². The van der Waals surface area contributed by atoms with Crippen molar-refractivity contribution in [2.24, 2.45) is 10.9 Å². The highest BCUT2D eigenvalue weighted by Crippen LogP contribution is 2.26. The number of methoxy groups -OCH3 is 1. The molecule has 1 aromatic rings. The molecule has 1 fully saturated rings. The fourth-order valence-corrected chi connectivity index (χ4v) is 2.58. The highest BCUT2D eigenvalue weighted by molar-refractivity contribution is 6.34. The van der Waals surface area contributed by atoms with Gasteiger partial charge >= 0.3 is 0 Å². The van der Waals surface area contributed by atoms with Gasteiger partial charge in [-0.05, 0) is 31.0 Å². The molecule has 0 unspecified atom stereocenters. The molecule has 0 saturated carbocycles.